The summed E-state index contributed by atoms with van der Waals surface area (Å²) in [6.45, 7) is 6.36. The van der Waals surface area contributed by atoms with E-state index in [-0.39, 0.29) is 0 Å². The molecule has 0 radical (unpaired) electrons. The van der Waals surface area contributed by atoms with E-state index in [0.717, 1.165) is 24.6 Å². The number of hydrogen-bond acceptors (Lipinski definition) is 3. The Morgan fingerprint density at radius 2 is 2.29 bits per heavy atom. The van der Waals surface area contributed by atoms with Gasteiger partial charge in [-0.15, -0.1) is 11.3 Å². The lowest BCUT2D eigenvalue weighted by molar-refractivity contribution is 0.0697. The first-order valence-electron chi connectivity index (χ1n) is 6.11. The third kappa shape index (κ3) is 2.87. The molecule has 0 amide bonds. The van der Waals surface area contributed by atoms with Crippen LogP contribution in [-0.2, 0) is 6.54 Å². The van der Waals surface area contributed by atoms with Crippen molar-refractivity contribution >= 4 is 17.3 Å². The molecular formula is C13H19NO2S. The molecule has 17 heavy (non-hydrogen) atoms. The van der Waals surface area contributed by atoms with Gasteiger partial charge in [-0.25, -0.2) is 4.79 Å². The average Bonchev–Trinajstić information content (AvgIpc) is 2.71. The zero-order chi connectivity index (χ0) is 12.4. The van der Waals surface area contributed by atoms with E-state index < -0.39 is 5.97 Å². The highest BCUT2D eigenvalue weighted by Crippen LogP contribution is 2.25. The van der Waals surface area contributed by atoms with E-state index in [9.17, 15) is 4.79 Å². The molecule has 1 aromatic rings. The SMILES string of the molecule is CC1CCC(C)N(Cc2ccsc2C(=O)O)C1. The second-order valence-electron chi connectivity index (χ2n) is 5.04. The maximum atomic E-state index is 11.1. The maximum absolute atomic E-state index is 11.1. The summed E-state index contributed by atoms with van der Waals surface area (Å²) in [5.74, 6) is -0.0779. The highest BCUT2D eigenvalue weighted by atomic mass is 32.1. The van der Waals surface area contributed by atoms with Crippen LogP contribution in [0.1, 0.15) is 41.9 Å². The molecule has 1 N–H and O–H groups in total. The number of nitrogens with zero attached hydrogens (tertiary/aromatic N) is 1. The smallest absolute Gasteiger partial charge is 0.346 e. The first kappa shape index (κ1) is 12.6. The van der Waals surface area contributed by atoms with Gasteiger partial charge < -0.3 is 5.11 Å². The summed E-state index contributed by atoms with van der Waals surface area (Å²) in [5, 5.41) is 11.0. The zero-order valence-corrected chi connectivity index (χ0v) is 11.2. The maximum Gasteiger partial charge on any atom is 0.346 e. The zero-order valence-electron chi connectivity index (χ0n) is 10.3. The van der Waals surface area contributed by atoms with Crippen LogP contribution in [0.3, 0.4) is 0 Å². The van der Waals surface area contributed by atoms with Crippen LogP contribution in [0, 0.1) is 5.92 Å². The largest absolute Gasteiger partial charge is 0.477 e. The molecule has 0 saturated carbocycles. The van der Waals surface area contributed by atoms with Gasteiger partial charge in [0.05, 0.1) is 0 Å². The van der Waals surface area contributed by atoms with Crippen molar-refractivity contribution in [1.29, 1.82) is 0 Å². The molecule has 0 aliphatic carbocycles. The van der Waals surface area contributed by atoms with Crippen molar-refractivity contribution in [1.82, 2.24) is 4.90 Å². The van der Waals surface area contributed by atoms with Crippen LogP contribution in [0.15, 0.2) is 11.4 Å². The van der Waals surface area contributed by atoms with Crippen molar-refractivity contribution in [3.05, 3.63) is 21.9 Å². The predicted octanol–water partition coefficient (Wildman–Crippen LogP) is 3.07. The summed E-state index contributed by atoms with van der Waals surface area (Å²) < 4.78 is 0. The summed E-state index contributed by atoms with van der Waals surface area (Å²) in [7, 11) is 0. The number of piperidine rings is 1. The van der Waals surface area contributed by atoms with E-state index in [4.69, 9.17) is 5.11 Å². The number of carboxylic acid groups (broad SMARTS) is 1. The van der Waals surface area contributed by atoms with Gasteiger partial charge in [-0.2, -0.15) is 0 Å². The molecule has 1 aliphatic heterocycles. The van der Waals surface area contributed by atoms with Gasteiger partial charge in [-0.05, 0) is 42.7 Å². The Morgan fingerprint density at radius 1 is 1.53 bits per heavy atom. The van der Waals surface area contributed by atoms with Gasteiger partial charge in [0.25, 0.3) is 0 Å². The topological polar surface area (TPSA) is 40.5 Å². The van der Waals surface area contributed by atoms with Crippen LogP contribution < -0.4 is 0 Å². The molecule has 1 fully saturated rings. The number of thiophene rings is 1. The average molecular weight is 253 g/mol. The van der Waals surface area contributed by atoms with Crippen LogP contribution in [-0.4, -0.2) is 28.6 Å². The first-order valence-corrected chi connectivity index (χ1v) is 6.99. The monoisotopic (exact) mass is 253 g/mol. The fraction of sp³-hybridized carbons (Fsp3) is 0.615. The number of likely N-dealkylation sites (tertiary alicyclic amines) is 1. The van der Waals surface area contributed by atoms with Gasteiger partial charge in [0.1, 0.15) is 4.88 Å². The second kappa shape index (κ2) is 5.19. The van der Waals surface area contributed by atoms with Gasteiger partial charge in [-0.3, -0.25) is 4.90 Å². The number of carbonyl (C=O) groups is 1. The lowest BCUT2D eigenvalue weighted by Crippen LogP contribution is -2.40. The normalized spacial score (nSPS) is 26.0. The summed E-state index contributed by atoms with van der Waals surface area (Å²) in [6.07, 6.45) is 2.50. The molecule has 1 aromatic heterocycles. The predicted molar refractivity (Wildman–Crippen MR) is 69.5 cm³/mol. The molecule has 1 aliphatic rings. The molecule has 2 heterocycles. The molecular weight excluding hydrogens is 234 g/mol. The molecule has 0 spiro atoms. The van der Waals surface area contributed by atoms with Gasteiger partial charge in [0.15, 0.2) is 0 Å². The quantitative estimate of drug-likeness (QED) is 0.900. The minimum absolute atomic E-state index is 0.496. The number of rotatable bonds is 3. The summed E-state index contributed by atoms with van der Waals surface area (Å²) >= 11 is 1.32. The van der Waals surface area contributed by atoms with Gasteiger partial charge in [0, 0.05) is 19.1 Å². The van der Waals surface area contributed by atoms with Crippen LogP contribution in [0.25, 0.3) is 0 Å². The third-order valence-corrected chi connectivity index (χ3v) is 4.51. The van der Waals surface area contributed by atoms with Crippen molar-refractivity contribution in [3.8, 4) is 0 Å². The summed E-state index contributed by atoms with van der Waals surface area (Å²) in [5.41, 5.74) is 0.962. The van der Waals surface area contributed by atoms with Crippen molar-refractivity contribution in [2.24, 2.45) is 5.92 Å². The first-order chi connectivity index (χ1) is 8.08. The number of aromatic carboxylic acids is 1. The molecule has 2 unspecified atom stereocenters. The van der Waals surface area contributed by atoms with Gasteiger partial charge in [-0.1, -0.05) is 6.92 Å². The molecule has 3 nitrogen and oxygen atoms in total. The Kier molecular flexibility index (Phi) is 3.84. The molecule has 4 heteroatoms. The van der Waals surface area contributed by atoms with E-state index in [2.05, 4.69) is 18.7 Å². The van der Waals surface area contributed by atoms with Crippen LogP contribution >= 0.6 is 11.3 Å². The van der Waals surface area contributed by atoms with E-state index in [1.165, 1.54) is 24.2 Å². The fourth-order valence-corrected chi connectivity index (χ4v) is 3.22. The van der Waals surface area contributed by atoms with E-state index in [0.29, 0.717) is 10.9 Å². The van der Waals surface area contributed by atoms with Crippen molar-refractivity contribution in [3.63, 3.8) is 0 Å². The van der Waals surface area contributed by atoms with Crippen molar-refractivity contribution in [2.75, 3.05) is 6.54 Å². The van der Waals surface area contributed by atoms with Crippen LogP contribution in [0.5, 0.6) is 0 Å². The molecule has 94 valence electrons. The van der Waals surface area contributed by atoms with Crippen molar-refractivity contribution < 1.29 is 9.90 Å². The minimum atomic E-state index is -0.798. The Morgan fingerprint density at radius 3 is 3.00 bits per heavy atom. The fourth-order valence-electron chi connectivity index (χ4n) is 2.47. The number of carboxylic acids is 1. The number of hydrogen-bond donors (Lipinski definition) is 1. The van der Waals surface area contributed by atoms with Crippen LogP contribution in [0.4, 0.5) is 0 Å². The molecule has 0 aromatic carbocycles. The Labute approximate surface area is 106 Å². The van der Waals surface area contributed by atoms with Gasteiger partial charge >= 0.3 is 5.97 Å². The third-order valence-electron chi connectivity index (χ3n) is 3.56. The summed E-state index contributed by atoms with van der Waals surface area (Å²) in [6, 6.07) is 2.51. The van der Waals surface area contributed by atoms with E-state index in [1.807, 2.05) is 11.4 Å². The summed E-state index contributed by atoms with van der Waals surface area (Å²) in [4.78, 5) is 14.0. The Hall–Kier alpha value is -0.870. The van der Waals surface area contributed by atoms with Crippen LogP contribution in [0.2, 0.25) is 0 Å². The molecule has 1 saturated heterocycles. The van der Waals surface area contributed by atoms with E-state index >= 15 is 0 Å². The lowest BCUT2D eigenvalue weighted by atomic mass is 9.94. The Balaban J connectivity index is 2.09. The molecule has 2 atom stereocenters. The Bertz CT molecular complexity index is 402. The molecule has 2 rings (SSSR count). The van der Waals surface area contributed by atoms with Crippen molar-refractivity contribution in [2.45, 2.75) is 39.3 Å². The highest BCUT2D eigenvalue weighted by molar-refractivity contribution is 7.12. The highest BCUT2D eigenvalue weighted by Gasteiger charge is 2.24. The minimum Gasteiger partial charge on any atom is -0.477 e. The second-order valence-corrected chi connectivity index (χ2v) is 5.96. The molecule has 0 bridgehead atoms. The van der Waals surface area contributed by atoms with E-state index in [1.54, 1.807) is 0 Å². The lowest BCUT2D eigenvalue weighted by Gasteiger charge is -2.36. The van der Waals surface area contributed by atoms with Gasteiger partial charge in [0.2, 0.25) is 0 Å². The standard InChI is InChI=1S/C13H19NO2S/c1-9-3-4-10(2)14(7-9)8-11-5-6-17-12(11)13(15)16/h5-6,9-10H,3-4,7-8H2,1-2H3,(H,15,16).